The number of aliphatic imine (C=N–C) groups is 1. The molecule has 0 spiro atoms. The van der Waals surface area contributed by atoms with E-state index >= 15 is 0 Å². The monoisotopic (exact) mass is 316 g/mol. The Morgan fingerprint density at radius 3 is 2.67 bits per heavy atom. The number of carbonyl (C=O) groups excluding carboxylic acids is 1. The van der Waals surface area contributed by atoms with Crippen molar-refractivity contribution >= 4 is 32.1 Å². The molecule has 1 aliphatic heterocycles. The second-order valence-electron chi connectivity index (χ2n) is 4.22. The Balaban J connectivity index is 2.66. The van der Waals surface area contributed by atoms with Crippen molar-refractivity contribution in [2.45, 2.75) is 6.18 Å². The highest BCUT2D eigenvalue weighted by Crippen LogP contribution is 2.39. The Kier molecular flexibility index (Phi) is 4.32. The first-order valence-corrected chi connectivity index (χ1v) is 7.18. The Morgan fingerprint density at radius 2 is 2.14 bits per heavy atom. The summed E-state index contributed by atoms with van der Waals surface area (Å²) in [6.07, 6.45) is -2.33. The fourth-order valence-electron chi connectivity index (χ4n) is 1.89. The number of carbonyl (C=O) groups is 1. The number of anilines is 1. The fourth-order valence-corrected chi connectivity index (χ4v) is 2.62. The molecule has 8 heteroatoms. The number of ether oxygens (including phenoxy) is 1. The largest absolute Gasteiger partial charge is 0.465 e. The first-order valence-electron chi connectivity index (χ1n) is 5.90. The van der Waals surface area contributed by atoms with Crippen LogP contribution in [0.25, 0.3) is 5.70 Å². The number of nitrogen functional groups attached to an aromatic ring is 1. The van der Waals surface area contributed by atoms with Gasteiger partial charge in [0.05, 0.1) is 23.9 Å². The van der Waals surface area contributed by atoms with Crippen LogP contribution in [0.15, 0.2) is 22.9 Å². The fraction of sp³-hybridized carbons (Fsp3) is 0.231. The Labute approximate surface area is 120 Å². The van der Waals surface area contributed by atoms with Gasteiger partial charge >= 0.3 is 12.1 Å². The summed E-state index contributed by atoms with van der Waals surface area (Å²) in [5.74, 6) is 0.840. The number of nitrogens with two attached hydrogens (primary N) is 1. The van der Waals surface area contributed by atoms with Gasteiger partial charge in [-0.15, -0.1) is 0 Å². The van der Waals surface area contributed by atoms with Crippen LogP contribution >= 0.6 is 8.58 Å². The second-order valence-corrected chi connectivity index (χ2v) is 5.33. The van der Waals surface area contributed by atoms with Gasteiger partial charge in [0, 0.05) is 23.6 Å². The van der Waals surface area contributed by atoms with E-state index in [4.69, 9.17) is 5.73 Å². The van der Waals surface area contributed by atoms with E-state index in [-0.39, 0.29) is 22.5 Å². The molecule has 0 aromatic heterocycles. The first kappa shape index (κ1) is 15.5. The SMILES string of the molecule is COC(=O)c1cc(C2=CPCC=N2)c(C(F)(F)F)cc1N. The maximum Gasteiger partial charge on any atom is 0.417 e. The van der Waals surface area contributed by atoms with Gasteiger partial charge in [-0.1, -0.05) is 8.58 Å². The quantitative estimate of drug-likeness (QED) is 0.518. The number of nitrogens with zero attached hydrogens (tertiary/aromatic N) is 1. The molecule has 1 aromatic rings. The molecule has 2 rings (SSSR count). The summed E-state index contributed by atoms with van der Waals surface area (Å²) in [7, 11) is 1.49. The van der Waals surface area contributed by atoms with Crippen molar-refractivity contribution in [1.82, 2.24) is 0 Å². The molecule has 0 amide bonds. The predicted octanol–water partition coefficient (Wildman–Crippen LogP) is 3.14. The molecule has 4 nitrogen and oxygen atoms in total. The lowest BCUT2D eigenvalue weighted by Crippen LogP contribution is -2.14. The molecule has 0 aliphatic carbocycles. The van der Waals surface area contributed by atoms with E-state index in [2.05, 4.69) is 9.73 Å². The van der Waals surface area contributed by atoms with Gasteiger partial charge in [0.15, 0.2) is 0 Å². The number of alkyl halides is 3. The van der Waals surface area contributed by atoms with Crippen LogP contribution in [0.3, 0.4) is 0 Å². The van der Waals surface area contributed by atoms with Crippen molar-refractivity contribution in [3.05, 3.63) is 34.6 Å². The molecule has 0 fully saturated rings. The smallest absolute Gasteiger partial charge is 0.417 e. The summed E-state index contributed by atoms with van der Waals surface area (Å²) in [5.41, 5.74) is 4.26. The zero-order valence-corrected chi connectivity index (χ0v) is 12.0. The minimum atomic E-state index is -4.59. The predicted molar refractivity (Wildman–Crippen MR) is 76.8 cm³/mol. The lowest BCUT2D eigenvalue weighted by atomic mass is 9.99. The number of hydrogen-bond acceptors (Lipinski definition) is 4. The van der Waals surface area contributed by atoms with Crippen molar-refractivity contribution in [1.29, 1.82) is 0 Å². The van der Waals surface area contributed by atoms with Gasteiger partial charge in [-0.3, -0.25) is 4.99 Å². The minimum Gasteiger partial charge on any atom is -0.465 e. The van der Waals surface area contributed by atoms with Crippen molar-refractivity contribution in [2.75, 3.05) is 19.0 Å². The van der Waals surface area contributed by atoms with Crippen LogP contribution in [0, 0.1) is 0 Å². The molecular weight excluding hydrogens is 304 g/mol. The third-order valence-electron chi connectivity index (χ3n) is 2.85. The van der Waals surface area contributed by atoms with Crippen LogP contribution in [-0.2, 0) is 10.9 Å². The molecule has 0 bridgehead atoms. The van der Waals surface area contributed by atoms with Crippen LogP contribution < -0.4 is 5.73 Å². The van der Waals surface area contributed by atoms with Crippen LogP contribution in [0.5, 0.6) is 0 Å². The zero-order valence-electron chi connectivity index (χ0n) is 11.0. The summed E-state index contributed by atoms with van der Waals surface area (Å²) >= 11 is 0. The number of esters is 1. The molecular formula is C13H12F3N2O2P. The standard InChI is InChI=1S/C13H12F3N2O2P/c1-20-12(19)8-4-7(11-6-21-3-2-18-11)9(5-10(8)17)13(14,15)16/h2,4-6,21H,3,17H2,1H3. The number of benzene rings is 1. The highest BCUT2D eigenvalue weighted by Gasteiger charge is 2.35. The lowest BCUT2D eigenvalue weighted by Gasteiger charge is -2.17. The highest BCUT2D eigenvalue weighted by molar-refractivity contribution is 7.43. The highest BCUT2D eigenvalue weighted by atomic mass is 31.1. The van der Waals surface area contributed by atoms with Gasteiger partial charge in [0.25, 0.3) is 0 Å². The van der Waals surface area contributed by atoms with Crippen molar-refractivity contribution in [3.63, 3.8) is 0 Å². The Morgan fingerprint density at radius 1 is 1.43 bits per heavy atom. The Hall–Kier alpha value is -1.88. The van der Waals surface area contributed by atoms with E-state index in [9.17, 15) is 18.0 Å². The van der Waals surface area contributed by atoms with Gasteiger partial charge in [-0.2, -0.15) is 13.2 Å². The average Bonchev–Trinajstić information content (AvgIpc) is 2.46. The van der Waals surface area contributed by atoms with Gasteiger partial charge in [-0.25, -0.2) is 4.79 Å². The number of methoxy groups -OCH3 is 1. The van der Waals surface area contributed by atoms with Crippen LogP contribution in [-0.4, -0.2) is 25.5 Å². The molecule has 0 radical (unpaired) electrons. The molecule has 0 saturated carbocycles. The molecule has 1 aromatic carbocycles. The third kappa shape index (κ3) is 3.24. The zero-order chi connectivity index (χ0) is 15.6. The molecule has 1 heterocycles. The summed E-state index contributed by atoms with van der Waals surface area (Å²) in [6, 6.07) is 1.83. The maximum atomic E-state index is 13.1. The van der Waals surface area contributed by atoms with E-state index in [1.807, 2.05) is 0 Å². The molecule has 2 N–H and O–H groups in total. The normalized spacial score (nSPS) is 15.9. The van der Waals surface area contributed by atoms with Gasteiger partial charge in [0.2, 0.25) is 0 Å². The van der Waals surface area contributed by atoms with Gasteiger partial charge in [0.1, 0.15) is 0 Å². The van der Waals surface area contributed by atoms with Crippen molar-refractivity contribution < 1.29 is 22.7 Å². The number of rotatable bonds is 2. The van der Waals surface area contributed by atoms with Crippen molar-refractivity contribution in [3.8, 4) is 0 Å². The molecule has 1 atom stereocenters. The van der Waals surface area contributed by atoms with E-state index in [0.29, 0.717) is 14.7 Å². The molecule has 112 valence electrons. The topological polar surface area (TPSA) is 64.7 Å². The molecule has 1 unspecified atom stereocenters. The van der Waals surface area contributed by atoms with Crippen molar-refractivity contribution in [2.24, 2.45) is 4.99 Å². The minimum absolute atomic E-state index is 0.106. The third-order valence-corrected chi connectivity index (χ3v) is 3.75. The molecule has 0 saturated heterocycles. The van der Waals surface area contributed by atoms with Crippen LogP contribution in [0.2, 0.25) is 0 Å². The van der Waals surface area contributed by atoms with E-state index < -0.39 is 17.7 Å². The molecule has 1 aliphatic rings. The summed E-state index contributed by atoms with van der Waals surface area (Å²) in [5, 5.41) is 0. The van der Waals surface area contributed by atoms with E-state index in [1.54, 1.807) is 12.0 Å². The van der Waals surface area contributed by atoms with Gasteiger partial charge in [-0.05, 0) is 17.9 Å². The van der Waals surface area contributed by atoms with Gasteiger partial charge < -0.3 is 10.5 Å². The molecule has 21 heavy (non-hydrogen) atoms. The Bertz CT molecular complexity index is 639. The number of hydrogen-bond donors (Lipinski definition) is 1. The summed E-state index contributed by atoms with van der Waals surface area (Å²) in [6.45, 7) is 0. The van der Waals surface area contributed by atoms with E-state index in [0.717, 1.165) is 19.2 Å². The average molecular weight is 316 g/mol. The summed E-state index contributed by atoms with van der Waals surface area (Å²) < 4.78 is 44.0. The van der Waals surface area contributed by atoms with E-state index in [1.165, 1.54) is 0 Å². The summed E-state index contributed by atoms with van der Waals surface area (Å²) in [4.78, 5) is 15.6. The second kappa shape index (κ2) is 5.85. The van der Waals surface area contributed by atoms with Crippen LogP contribution in [0.4, 0.5) is 18.9 Å². The number of halogens is 3. The van der Waals surface area contributed by atoms with Crippen LogP contribution in [0.1, 0.15) is 21.5 Å². The first-order chi connectivity index (χ1) is 9.84. The maximum absolute atomic E-state index is 13.1. The lowest BCUT2D eigenvalue weighted by molar-refractivity contribution is -0.137.